The smallest absolute Gasteiger partial charge is 0.255 e. The van der Waals surface area contributed by atoms with Crippen LogP contribution in [0, 0.1) is 12.8 Å². The molecular weight excluding hydrogens is 282 g/mol. The van der Waals surface area contributed by atoms with Gasteiger partial charge in [-0.2, -0.15) is 0 Å². The van der Waals surface area contributed by atoms with Gasteiger partial charge < -0.3 is 10.4 Å². The number of hydrogen-bond donors (Lipinski definition) is 2. The first-order valence-corrected chi connectivity index (χ1v) is 6.74. The zero-order chi connectivity index (χ0) is 13.0. The van der Waals surface area contributed by atoms with Crippen LogP contribution in [0.15, 0.2) is 18.2 Å². The summed E-state index contributed by atoms with van der Waals surface area (Å²) < 4.78 is 0. The largest absolute Gasteiger partial charge is 0.507 e. The van der Waals surface area contributed by atoms with Gasteiger partial charge in [-0.15, -0.1) is 0 Å². The van der Waals surface area contributed by atoms with Gasteiger partial charge in [0.2, 0.25) is 0 Å². The second kappa shape index (κ2) is 6.05. The Balaban J connectivity index is 2.86. The topological polar surface area (TPSA) is 49.3 Å². The molecule has 1 atom stereocenters. The number of alkyl halides is 1. The minimum absolute atomic E-state index is 0.0187. The second-order valence-corrected chi connectivity index (χ2v) is 5.15. The Kier molecular flexibility index (Phi) is 5.00. The molecule has 0 radical (unpaired) electrons. The first kappa shape index (κ1) is 14.0. The predicted molar refractivity (Wildman–Crippen MR) is 72.7 cm³/mol. The molecule has 0 fully saturated rings. The lowest BCUT2D eigenvalue weighted by Crippen LogP contribution is -2.39. The molecule has 0 aliphatic carbocycles. The highest BCUT2D eigenvalue weighted by Gasteiger charge is 2.18. The van der Waals surface area contributed by atoms with Crippen molar-refractivity contribution in [2.75, 3.05) is 5.33 Å². The minimum atomic E-state index is -0.232. The molecule has 0 aliphatic heterocycles. The lowest BCUT2D eigenvalue weighted by Gasteiger charge is -2.20. The summed E-state index contributed by atoms with van der Waals surface area (Å²) in [5.74, 6) is 0.125. The summed E-state index contributed by atoms with van der Waals surface area (Å²) in [6, 6.07) is 5.07. The standard InChI is InChI=1S/C13H18BrNO2/c1-8(2)11(7-14)15-13(17)10-6-9(3)4-5-12(10)16/h4-6,8,11,16H,7H2,1-3H3,(H,15,17). The number of aromatic hydroxyl groups is 1. The van der Waals surface area contributed by atoms with Crippen LogP contribution < -0.4 is 5.32 Å². The number of phenolic OH excluding ortho intramolecular Hbond substituents is 1. The van der Waals surface area contributed by atoms with Gasteiger partial charge in [0.25, 0.3) is 5.91 Å². The van der Waals surface area contributed by atoms with E-state index in [2.05, 4.69) is 21.2 Å². The van der Waals surface area contributed by atoms with Gasteiger partial charge in [0, 0.05) is 11.4 Å². The highest BCUT2D eigenvalue weighted by atomic mass is 79.9. The Labute approximate surface area is 110 Å². The fourth-order valence-corrected chi connectivity index (χ4v) is 2.37. The van der Waals surface area contributed by atoms with Crippen molar-refractivity contribution in [2.24, 2.45) is 5.92 Å². The summed E-state index contributed by atoms with van der Waals surface area (Å²) in [4.78, 5) is 12.0. The average molecular weight is 300 g/mol. The molecule has 0 saturated heterocycles. The summed E-state index contributed by atoms with van der Waals surface area (Å²) in [5.41, 5.74) is 1.28. The Morgan fingerprint density at radius 1 is 1.47 bits per heavy atom. The van der Waals surface area contributed by atoms with Gasteiger partial charge in [-0.3, -0.25) is 4.79 Å². The average Bonchev–Trinajstić information content (AvgIpc) is 2.28. The van der Waals surface area contributed by atoms with E-state index in [0.29, 0.717) is 16.8 Å². The molecular formula is C13H18BrNO2. The van der Waals surface area contributed by atoms with E-state index in [-0.39, 0.29) is 17.7 Å². The van der Waals surface area contributed by atoms with Gasteiger partial charge in [-0.05, 0) is 25.0 Å². The Bertz CT molecular complexity index is 404. The summed E-state index contributed by atoms with van der Waals surface area (Å²) in [6.45, 7) is 5.98. The number of carbonyl (C=O) groups is 1. The van der Waals surface area contributed by atoms with Crippen LogP contribution in [0.4, 0.5) is 0 Å². The molecule has 2 N–H and O–H groups in total. The first-order valence-electron chi connectivity index (χ1n) is 5.62. The molecule has 3 nitrogen and oxygen atoms in total. The summed E-state index contributed by atoms with van der Waals surface area (Å²) in [6.07, 6.45) is 0. The Morgan fingerprint density at radius 3 is 2.65 bits per heavy atom. The van der Waals surface area contributed by atoms with Crippen molar-refractivity contribution in [1.82, 2.24) is 5.32 Å². The SMILES string of the molecule is Cc1ccc(O)c(C(=O)NC(CBr)C(C)C)c1. The van der Waals surface area contributed by atoms with Crippen LogP contribution in [0.1, 0.15) is 29.8 Å². The number of carbonyl (C=O) groups excluding carboxylic acids is 1. The van der Waals surface area contributed by atoms with Gasteiger partial charge in [0.05, 0.1) is 5.56 Å². The zero-order valence-electron chi connectivity index (χ0n) is 10.3. The maximum Gasteiger partial charge on any atom is 0.255 e. The highest BCUT2D eigenvalue weighted by molar-refractivity contribution is 9.09. The van der Waals surface area contributed by atoms with E-state index in [1.165, 1.54) is 0 Å². The molecule has 1 unspecified atom stereocenters. The third kappa shape index (κ3) is 3.73. The van der Waals surface area contributed by atoms with Gasteiger partial charge in [-0.1, -0.05) is 41.4 Å². The summed E-state index contributed by atoms with van der Waals surface area (Å²) in [7, 11) is 0. The van der Waals surface area contributed by atoms with Crippen molar-refractivity contribution in [3.8, 4) is 5.75 Å². The third-order valence-electron chi connectivity index (χ3n) is 2.68. The monoisotopic (exact) mass is 299 g/mol. The van der Waals surface area contributed by atoms with Crippen LogP contribution in [0.2, 0.25) is 0 Å². The summed E-state index contributed by atoms with van der Waals surface area (Å²) in [5, 5.41) is 13.3. The third-order valence-corrected chi connectivity index (χ3v) is 3.38. The van der Waals surface area contributed by atoms with Crippen LogP contribution in [0.25, 0.3) is 0 Å². The fraction of sp³-hybridized carbons (Fsp3) is 0.462. The minimum Gasteiger partial charge on any atom is -0.507 e. The quantitative estimate of drug-likeness (QED) is 0.840. The van der Waals surface area contributed by atoms with E-state index in [1.807, 2.05) is 20.8 Å². The van der Waals surface area contributed by atoms with E-state index in [0.717, 1.165) is 5.56 Å². The van der Waals surface area contributed by atoms with Crippen molar-refractivity contribution in [2.45, 2.75) is 26.8 Å². The van der Waals surface area contributed by atoms with Crippen LogP contribution in [0.5, 0.6) is 5.75 Å². The number of halogens is 1. The maximum atomic E-state index is 12.0. The number of nitrogens with one attached hydrogen (secondary N) is 1. The van der Waals surface area contributed by atoms with Crippen molar-refractivity contribution < 1.29 is 9.90 Å². The number of aryl methyl sites for hydroxylation is 1. The van der Waals surface area contributed by atoms with E-state index in [9.17, 15) is 9.90 Å². The molecule has 94 valence electrons. The van der Waals surface area contributed by atoms with Gasteiger partial charge >= 0.3 is 0 Å². The van der Waals surface area contributed by atoms with Crippen LogP contribution >= 0.6 is 15.9 Å². The number of benzene rings is 1. The van der Waals surface area contributed by atoms with E-state index < -0.39 is 0 Å². The van der Waals surface area contributed by atoms with Crippen LogP contribution in [0.3, 0.4) is 0 Å². The molecule has 0 aromatic heterocycles. The van der Waals surface area contributed by atoms with E-state index in [1.54, 1.807) is 18.2 Å². The molecule has 17 heavy (non-hydrogen) atoms. The molecule has 0 heterocycles. The molecule has 1 aromatic rings. The van der Waals surface area contributed by atoms with Crippen LogP contribution in [-0.4, -0.2) is 22.4 Å². The second-order valence-electron chi connectivity index (χ2n) is 4.50. The highest BCUT2D eigenvalue weighted by Crippen LogP contribution is 2.18. The molecule has 0 saturated carbocycles. The number of amides is 1. The van der Waals surface area contributed by atoms with Crippen molar-refractivity contribution in [3.05, 3.63) is 29.3 Å². The molecule has 0 spiro atoms. The van der Waals surface area contributed by atoms with Crippen LogP contribution in [-0.2, 0) is 0 Å². The summed E-state index contributed by atoms with van der Waals surface area (Å²) >= 11 is 3.37. The predicted octanol–water partition coefficient (Wildman–Crippen LogP) is 2.85. The molecule has 0 aliphatic rings. The Hall–Kier alpha value is -1.03. The van der Waals surface area contributed by atoms with Crippen molar-refractivity contribution in [3.63, 3.8) is 0 Å². The molecule has 1 amide bonds. The number of rotatable bonds is 4. The molecule has 0 bridgehead atoms. The molecule has 1 rings (SSSR count). The van der Waals surface area contributed by atoms with Crippen molar-refractivity contribution >= 4 is 21.8 Å². The van der Waals surface area contributed by atoms with E-state index >= 15 is 0 Å². The van der Waals surface area contributed by atoms with E-state index in [4.69, 9.17) is 0 Å². The number of hydrogen-bond acceptors (Lipinski definition) is 2. The Morgan fingerprint density at radius 2 is 2.12 bits per heavy atom. The fourth-order valence-electron chi connectivity index (χ4n) is 1.46. The lowest BCUT2D eigenvalue weighted by atomic mass is 10.0. The maximum absolute atomic E-state index is 12.0. The van der Waals surface area contributed by atoms with Crippen molar-refractivity contribution in [1.29, 1.82) is 0 Å². The molecule has 1 aromatic carbocycles. The zero-order valence-corrected chi connectivity index (χ0v) is 11.9. The van der Waals surface area contributed by atoms with Gasteiger partial charge in [0.1, 0.15) is 5.75 Å². The van der Waals surface area contributed by atoms with Gasteiger partial charge in [-0.25, -0.2) is 0 Å². The van der Waals surface area contributed by atoms with Gasteiger partial charge in [0.15, 0.2) is 0 Å². The normalized spacial score (nSPS) is 12.5. The lowest BCUT2D eigenvalue weighted by molar-refractivity contribution is 0.0929. The number of phenols is 1. The molecule has 4 heteroatoms. The first-order chi connectivity index (χ1) is 7.95.